The van der Waals surface area contributed by atoms with Crippen molar-refractivity contribution in [3.05, 3.63) is 29.8 Å². The quantitative estimate of drug-likeness (QED) is 0.846. The minimum atomic E-state index is -0.114. The molecule has 0 atom stereocenters. The number of ether oxygens (including phenoxy) is 2. The summed E-state index contributed by atoms with van der Waals surface area (Å²) >= 11 is 0. The first-order valence-corrected chi connectivity index (χ1v) is 5.71. The Morgan fingerprint density at radius 1 is 1.06 bits per heavy atom. The molecule has 0 spiro atoms. The topological polar surface area (TPSA) is 30.5 Å². The fraction of sp³-hybridized carbons (Fsp3) is 0.538. The lowest BCUT2D eigenvalue weighted by molar-refractivity contribution is -0.0391. The van der Waals surface area contributed by atoms with Crippen LogP contribution in [0.4, 0.5) is 0 Å². The van der Waals surface area contributed by atoms with Crippen molar-refractivity contribution in [1.29, 1.82) is 0 Å². The molecule has 1 aromatic rings. The van der Waals surface area contributed by atoms with Gasteiger partial charge in [-0.05, 0) is 43.6 Å². The van der Waals surface area contributed by atoms with Gasteiger partial charge in [0.2, 0.25) is 0 Å². The van der Waals surface area contributed by atoms with E-state index in [0.717, 1.165) is 31.7 Å². The van der Waals surface area contributed by atoms with Crippen molar-refractivity contribution in [2.24, 2.45) is 0 Å². The number of benzene rings is 1. The lowest BCUT2D eigenvalue weighted by Gasteiger charge is -2.36. The number of methoxy groups -OCH3 is 2. The molecule has 1 heterocycles. The Kier molecular flexibility index (Phi) is 3.46. The van der Waals surface area contributed by atoms with Gasteiger partial charge >= 0.3 is 0 Å². The van der Waals surface area contributed by atoms with Crippen LogP contribution in [0.15, 0.2) is 24.3 Å². The minimum Gasteiger partial charge on any atom is -0.497 e. The molecule has 1 saturated heterocycles. The van der Waals surface area contributed by atoms with E-state index in [-0.39, 0.29) is 5.60 Å². The Morgan fingerprint density at radius 2 is 1.69 bits per heavy atom. The molecule has 0 bridgehead atoms. The number of piperidine rings is 1. The molecule has 3 nitrogen and oxygen atoms in total. The monoisotopic (exact) mass is 221 g/mol. The summed E-state index contributed by atoms with van der Waals surface area (Å²) in [5.41, 5.74) is 1.13. The molecule has 0 radical (unpaired) electrons. The lowest BCUT2D eigenvalue weighted by Crippen LogP contribution is -2.41. The summed E-state index contributed by atoms with van der Waals surface area (Å²) in [6.07, 6.45) is 2.05. The molecule has 3 heteroatoms. The molecule has 0 saturated carbocycles. The predicted octanol–water partition coefficient (Wildman–Crippen LogP) is 1.92. The SMILES string of the molecule is COc1ccc(C2(OC)CCNCC2)cc1. The van der Waals surface area contributed by atoms with Crippen LogP contribution in [-0.2, 0) is 10.3 Å². The normalized spacial score (nSPS) is 19.4. The fourth-order valence-electron chi connectivity index (χ4n) is 2.34. The molecule has 1 aliphatic rings. The van der Waals surface area contributed by atoms with Crippen LogP contribution in [-0.4, -0.2) is 27.3 Å². The third-order valence-electron chi connectivity index (χ3n) is 3.42. The Hall–Kier alpha value is -1.06. The van der Waals surface area contributed by atoms with Crippen molar-refractivity contribution in [2.45, 2.75) is 18.4 Å². The smallest absolute Gasteiger partial charge is 0.118 e. The van der Waals surface area contributed by atoms with Crippen molar-refractivity contribution >= 4 is 0 Å². The third-order valence-corrected chi connectivity index (χ3v) is 3.42. The molecule has 0 aromatic heterocycles. The molecular formula is C13H19NO2. The molecule has 1 N–H and O–H groups in total. The highest BCUT2D eigenvalue weighted by Crippen LogP contribution is 2.34. The second-order valence-corrected chi connectivity index (χ2v) is 4.18. The average Bonchev–Trinajstić information content (AvgIpc) is 2.39. The number of hydrogen-bond acceptors (Lipinski definition) is 3. The maximum Gasteiger partial charge on any atom is 0.118 e. The molecule has 0 unspecified atom stereocenters. The first-order chi connectivity index (χ1) is 7.80. The molecule has 0 aliphatic carbocycles. The first-order valence-electron chi connectivity index (χ1n) is 5.71. The largest absolute Gasteiger partial charge is 0.497 e. The van der Waals surface area contributed by atoms with E-state index < -0.39 is 0 Å². The van der Waals surface area contributed by atoms with Crippen molar-refractivity contribution in [3.8, 4) is 5.75 Å². The zero-order valence-corrected chi connectivity index (χ0v) is 9.95. The van der Waals surface area contributed by atoms with E-state index in [2.05, 4.69) is 17.4 Å². The third kappa shape index (κ3) is 2.06. The van der Waals surface area contributed by atoms with Crippen LogP contribution >= 0.6 is 0 Å². The van der Waals surface area contributed by atoms with Gasteiger partial charge in [-0.25, -0.2) is 0 Å². The Bertz CT molecular complexity index is 328. The molecule has 0 amide bonds. The van der Waals surface area contributed by atoms with E-state index in [1.807, 2.05) is 12.1 Å². The van der Waals surface area contributed by atoms with Gasteiger partial charge in [-0.3, -0.25) is 0 Å². The van der Waals surface area contributed by atoms with Gasteiger partial charge in [-0.2, -0.15) is 0 Å². The highest BCUT2D eigenvalue weighted by atomic mass is 16.5. The second-order valence-electron chi connectivity index (χ2n) is 4.18. The van der Waals surface area contributed by atoms with Crippen LogP contribution in [0, 0.1) is 0 Å². The van der Waals surface area contributed by atoms with Crippen LogP contribution in [0.2, 0.25) is 0 Å². The van der Waals surface area contributed by atoms with Gasteiger partial charge in [-0.15, -0.1) is 0 Å². The molecular weight excluding hydrogens is 202 g/mol. The lowest BCUT2D eigenvalue weighted by atomic mass is 9.85. The number of rotatable bonds is 3. The van der Waals surface area contributed by atoms with E-state index in [1.165, 1.54) is 5.56 Å². The summed E-state index contributed by atoms with van der Waals surface area (Å²) in [4.78, 5) is 0. The highest BCUT2D eigenvalue weighted by molar-refractivity contribution is 5.31. The van der Waals surface area contributed by atoms with Crippen LogP contribution in [0.5, 0.6) is 5.75 Å². The maximum atomic E-state index is 5.76. The molecule has 88 valence electrons. The van der Waals surface area contributed by atoms with Gasteiger partial charge in [0.1, 0.15) is 5.75 Å². The van der Waals surface area contributed by atoms with Crippen LogP contribution in [0.1, 0.15) is 18.4 Å². The molecule has 1 aromatic carbocycles. The van der Waals surface area contributed by atoms with Gasteiger partial charge in [0, 0.05) is 7.11 Å². The van der Waals surface area contributed by atoms with Gasteiger partial charge < -0.3 is 14.8 Å². The molecule has 1 fully saturated rings. The Morgan fingerprint density at radius 3 is 2.19 bits per heavy atom. The first kappa shape index (κ1) is 11.4. The van der Waals surface area contributed by atoms with Crippen LogP contribution in [0.25, 0.3) is 0 Å². The summed E-state index contributed by atoms with van der Waals surface area (Å²) in [7, 11) is 3.49. The minimum absolute atomic E-state index is 0.114. The summed E-state index contributed by atoms with van der Waals surface area (Å²) in [5.74, 6) is 0.893. The van der Waals surface area contributed by atoms with Crippen LogP contribution < -0.4 is 10.1 Å². The van der Waals surface area contributed by atoms with E-state index in [1.54, 1.807) is 14.2 Å². The van der Waals surface area contributed by atoms with Crippen LogP contribution in [0.3, 0.4) is 0 Å². The van der Waals surface area contributed by atoms with E-state index >= 15 is 0 Å². The summed E-state index contributed by atoms with van der Waals surface area (Å²) in [6, 6.07) is 8.21. The zero-order valence-electron chi connectivity index (χ0n) is 9.95. The van der Waals surface area contributed by atoms with E-state index in [4.69, 9.17) is 9.47 Å². The van der Waals surface area contributed by atoms with Gasteiger partial charge in [0.25, 0.3) is 0 Å². The standard InChI is InChI=1S/C13H19NO2/c1-15-12-5-3-11(4-6-12)13(16-2)7-9-14-10-8-13/h3-6,14H,7-10H2,1-2H3. The zero-order chi connectivity index (χ0) is 11.4. The summed E-state index contributed by atoms with van der Waals surface area (Å²) in [6.45, 7) is 2.03. The average molecular weight is 221 g/mol. The Labute approximate surface area is 96.8 Å². The van der Waals surface area contributed by atoms with Gasteiger partial charge in [-0.1, -0.05) is 12.1 Å². The van der Waals surface area contributed by atoms with Crippen molar-refractivity contribution in [2.75, 3.05) is 27.3 Å². The summed E-state index contributed by atoms with van der Waals surface area (Å²) < 4.78 is 10.9. The predicted molar refractivity (Wildman–Crippen MR) is 63.8 cm³/mol. The number of nitrogens with one attached hydrogen (secondary N) is 1. The van der Waals surface area contributed by atoms with Crippen molar-refractivity contribution in [3.63, 3.8) is 0 Å². The fourth-order valence-corrected chi connectivity index (χ4v) is 2.34. The second kappa shape index (κ2) is 4.85. The van der Waals surface area contributed by atoms with Gasteiger partial charge in [0.05, 0.1) is 12.7 Å². The molecule has 2 rings (SSSR count). The van der Waals surface area contributed by atoms with E-state index in [9.17, 15) is 0 Å². The summed E-state index contributed by atoms with van der Waals surface area (Å²) in [5, 5.41) is 3.36. The maximum absolute atomic E-state index is 5.76. The highest BCUT2D eigenvalue weighted by Gasteiger charge is 2.33. The molecule has 16 heavy (non-hydrogen) atoms. The van der Waals surface area contributed by atoms with Crippen molar-refractivity contribution < 1.29 is 9.47 Å². The van der Waals surface area contributed by atoms with Gasteiger partial charge in [0.15, 0.2) is 0 Å². The number of hydrogen-bond donors (Lipinski definition) is 1. The van der Waals surface area contributed by atoms with E-state index in [0.29, 0.717) is 0 Å². The van der Waals surface area contributed by atoms with Crippen molar-refractivity contribution in [1.82, 2.24) is 5.32 Å². The Balaban J connectivity index is 2.24. The molecule has 1 aliphatic heterocycles.